The van der Waals surface area contributed by atoms with Crippen molar-refractivity contribution >= 4 is 34.2 Å². The Labute approximate surface area is 164 Å². The van der Waals surface area contributed by atoms with Crippen LogP contribution in [0.15, 0.2) is 41.8 Å². The number of carbonyl (C=O) groups excluding carboxylic acids is 3. The molecular weight excluding hydrogens is 386 g/mol. The van der Waals surface area contributed by atoms with E-state index in [-0.39, 0.29) is 11.6 Å². The van der Waals surface area contributed by atoms with Gasteiger partial charge in [0.25, 0.3) is 5.91 Å². The number of carbonyl (C=O) groups is 3. The Morgan fingerprint density at radius 2 is 2.04 bits per heavy atom. The third kappa shape index (κ3) is 3.58. The van der Waals surface area contributed by atoms with Crippen LogP contribution in [0.4, 0.5) is 9.80 Å². The molecule has 1 aromatic carbocycles. The second-order valence-corrected chi connectivity index (χ2v) is 7.05. The monoisotopic (exact) mass is 403 g/mol. The van der Waals surface area contributed by atoms with Crippen LogP contribution in [0.2, 0.25) is 0 Å². The van der Waals surface area contributed by atoms with Gasteiger partial charge in [-0.05, 0) is 12.0 Å². The van der Waals surface area contributed by atoms with Crippen LogP contribution in [0.3, 0.4) is 0 Å². The second kappa shape index (κ2) is 7.77. The van der Waals surface area contributed by atoms with Gasteiger partial charge in [0.05, 0.1) is 4.92 Å². The molecule has 0 bridgehead atoms. The van der Waals surface area contributed by atoms with Gasteiger partial charge >= 0.3 is 17.0 Å². The van der Waals surface area contributed by atoms with Crippen LogP contribution < -0.4 is 5.32 Å². The van der Waals surface area contributed by atoms with E-state index in [2.05, 4.69) is 5.32 Å². The topological polar surface area (TPSA) is 119 Å². The Hall–Kier alpha value is -3.27. The lowest BCUT2D eigenvalue weighted by Gasteiger charge is -2.25. The molecule has 28 heavy (non-hydrogen) atoms. The first-order valence-electron chi connectivity index (χ1n) is 8.44. The second-order valence-electron chi connectivity index (χ2n) is 6.16. The Kier molecular flexibility index (Phi) is 5.41. The van der Waals surface area contributed by atoms with Crippen LogP contribution in [0.5, 0.6) is 0 Å². The molecule has 0 saturated carbocycles. The molecule has 2 heterocycles. The summed E-state index contributed by atoms with van der Waals surface area (Å²) in [5.41, 5.74) is -0.112. The van der Waals surface area contributed by atoms with Gasteiger partial charge in [0.1, 0.15) is 18.7 Å². The zero-order valence-corrected chi connectivity index (χ0v) is 15.7. The largest absolute Gasteiger partial charge is 0.459 e. The van der Waals surface area contributed by atoms with Crippen LogP contribution in [-0.4, -0.2) is 34.3 Å². The molecule has 1 saturated heterocycles. The minimum Gasteiger partial charge on any atom is -0.459 e. The summed E-state index contributed by atoms with van der Waals surface area (Å²) in [6.07, 6.45) is 0.325. The van der Waals surface area contributed by atoms with Gasteiger partial charge in [0.2, 0.25) is 0 Å². The van der Waals surface area contributed by atoms with E-state index in [9.17, 15) is 24.5 Å². The molecule has 3 rings (SSSR count). The van der Waals surface area contributed by atoms with Crippen LogP contribution in [0.1, 0.15) is 24.5 Å². The van der Waals surface area contributed by atoms with Gasteiger partial charge in [-0.3, -0.25) is 24.6 Å². The zero-order chi connectivity index (χ0) is 20.3. The van der Waals surface area contributed by atoms with Crippen molar-refractivity contribution < 1.29 is 24.0 Å². The molecule has 1 aliphatic heterocycles. The van der Waals surface area contributed by atoms with E-state index in [4.69, 9.17) is 4.74 Å². The molecule has 1 aliphatic rings. The number of benzene rings is 1. The predicted molar refractivity (Wildman–Crippen MR) is 99.4 cm³/mol. The first-order valence-corrected chi connectivity index (χ1v) is 9.32. The minimum atomic E-state index is -1.22. The van der Waals surface area contributed by atoms with Crippen molar-refractivity contribution in [3.05, 3.63) is 63.0 Å². The number of urea groups is 1. The Morgan fingerprint density at radius 3 is 2.64 bits per heavy atom. The highest BCUT2D eigenvalue weighted by molar-refractivity contribution is 7.13. The van der Waals surface area contributed by atoms with Gasteiger partial charge in [0.15, 0.2) is 0 Å². The molecule has 1 aromatic heterocycles. The van der Waals surface area contributed by atoms with Crippen molar-refractivity contribution in [3.63, 3.8) is 0 Å². The molecule has 1 N–H and O–H groups in total. The van der Waals surface area contributed by atoms with Crippen LogP contribution in [0, 0.1) is 10.1 Å². The van der Waals surface area contributed by atoms with E-state index < -0.39 is 34.9 Å². The maximum absolute atomic E-state index is 12.9. The summed E-state index contributed by atoms with van der Waals surface area (Å²) in [7, 11) is 0. The maximum atomic E-state index is 12.9. The molecular formula is C18H17N3O6S. The first-order chi connectivity index (χ1) is 13.4. The highest BCUT2D eigenvalue weighted by atomic mass is 32.1. The number of rotatable bonds is 7. The smallest absolute Gasteiger partial charge is 0.326 e. The Bertz CT molecular complexity index is 928. The lowest BCUT2D eigenvalue weighted by atomic mass is 9.87. The number of hydrogen-bond acceptors (Lipinski definition) is 7. The summed E-state index contributed by atoms with van der Waals surface area (Å²) >= 11 is 0.924. The summed E-state index contributed by atoms with van der Waals surface area (Å²) in [6.45, 7) is 1.06. The Balaban J connectivity index is 1.66. The maximum Gasteiger partial charge on any atom is 0.326 e. The first kappa shape index (κ1) is 19.5. The third-order valence-corrected chi connectivity index (χ3v) is 5.41. The fourth-order valence-electron chi connectivity index (χ4n) is 3.00. The highest BCUT2D eigenvalue weighted by Crippen LogP contribution is 2.32. The molecule has 0 radical (unpaired) electrons. The van der Waals surface area contributed by atoms with Gasteiger partial charge in [0, 0.05) is 17.0 Å². The Morgan fingerprint density at radius 1 is 1.32 bits per heavy atom. The average Bonchev–Trinajstić information content (AvgIpc) is 3.26. The molecule has 0 aliphatic carbocycles. The van der Waals surface area contributed by atoms with Gasteiger partial charge in [-0.25, -0.2) is 4.79 Å². The van der Waals surface area contributed by atoms with Crippen LogP contribution >= 0.6 is 11.3 Å². The third-order valence-electron chi connectivity index (χ3n) is 4.48. The number of ether oxygens (including phenoxy) is 1. The van der Waals surface area contributed by atoms with E-state index in [1.807, 2.05) is 0 Å². The number of esters is 1. The molecule has 1 atom stereocenters. The fourth-order valence-corrected chi connectivity index (χ4v) is 3.72. The molecule has 2 aromatic rings. The van der Waals surface area contributed by atoms with Gasteiger partial charge in [-0.15, -0.1) is 0 Å². The van der Waals surface area contributed by atoms with Gasteiger partial charge in [-0.2, -0.15) is 0 Å². The normalized spacial score (nSPS) is 18.8. The van der Waals surface area contributed by atoms with Crippen molar-refractivity contribution in [2.45, 2.75) is 25.5 Å². The molecule has 10 heteroatoms. The molecule has 146 valence electrons. The number of nitrogens with zero attached hydrogens (tertiary/aromatic N) is 2. The van der Waals surface area contributed by atoms with Crippen LogP contribution in [-0.2, 0) is 26.5 Å². The van der Waals surface area contributed by atoms with E-state index >= 15 is 0 Å². The van der Waals surface area contributed by atoms with Crippen molar-refractivity contribution in [1.82, 2.24) is 10.2 Å². The lowest BCUT2D eigenvalue weighted by Crippen LogP contribution is -2.43. The molecule has 1 unspecified atom stereocenters. The van der Waals surface area contributed by atoms with E-state index in [1.54, 1.807) is 37.3 Å². The standard InChI is InChI=1S/C18H17N3O6S/c1-2-18(13-6-4-3-5-7-13)16(23)20(17(24)19-18)9-15(22)27-10-12-8-14(21(25)26)28-11-12/h3-8,11H,2,9-10H2,1H3,(H,19,24). The van der Waals surface area contributed by atoms with Gasteiger partial charge in [-0.1, -0.05) is 48.6 Å². The van der Waals surface area contributed by atoms with E-state index in [0.717, 1.165) is 16.2 Å². The van der Waals surface area contributed by atoms with E-state index in [0.29, 0.717) is 17.5 Å². The minimum absolute atomic E-state index is 0.0595. The van der Waals surface area contributed by atoms with Crippen molar-refractivity contribution in [2.75, 3.05) is 6.54 Å². The lowest BCUT2D eigenvalue weighted by molar-refractivity contribution is -0.380. The molecule has 3 amide bonds. The molecule has 9 nitrogen and oxygen atoms in total. The number of amides is 3. The van der Waals surface area contributed by atoms with Crippen molar-refractivity contribution in [2.24, 2.45) is 0 Å². The predicted octanol–water partition coefficient (Wildman–Crippen LogP) is 2.56. The SMILES string of the molecule is CCC1(c2ccccc2)NC(=O)N(CC(=O)OCc2csc([N+](=O)[O-])c2)C1=O. The fraction of sp³-hybridized carbons (Fsp3) is 0.278. The molecule has 1 fully saturated rings. The quantitative estimate of drug-likeness (QED) is 0.328. The van der Waals surface area contributed by atoms with Crippen molar-refractivity contribution in [1.29, 1.82) is 0 Å². The zero-order valence-electron chi connectivity index (χ0n) is 14.9. The van der Waals surface area contributed by atoms with Crippen LogP contribution in [0.25, 0.3) is 0 Å². The van der Waals surface area contributed by atoms with Gasteiger partial charge < -0.3 is 10.1 Å². The number of hydrogen-bond donors (Lipinski definition) is 1. The highest BCUT2D eigenvalue weighted by Gasteiger charge is 2.51. The number of nitrogens with one attached hydrogen (secondary N) is 1. The number of imide groups is 1. The summed E-state index contributed by atoms with van der Waals surface area (Å²) in [5, 5.41) is 14.8. The summed E-state index contributed by atoms with van der Waals surface area (Å²) in [6, 6.07) is 9.46. The summed E-state index contributed by atoms with van der Waals surface area (Å²) in [4.78, 5) is 48.3. The number of thiophene rings is 1. The van der Waals surface area contributed by atoms with Crippen molar-refractivity contribution in [3.8, 4) is 0 Å². The summed E-state index contributed by atoms with van der Waals surface area (Å²) < 4.78 is 5.06. The number of nitro groups is 1. The summed E-state index contributed by atoms with van der Waals surface area (Å²) in [5.74, 6) is -1.30. The van der Waals surface area contributed by atoms with E-state index in [1.165, 1.54) is 11.4 Å². The molecule has 0 spiro atoms. The average molecular weight is 403 g/mol.